The van der Waals surface area contributed by atoms with Gasteiger partial charge in [0.1, 0.15) is 6.07 Å². The molecular formula is C16H16N4. The fourth-order valence-corrected chi connectivity index (χ4v) is 2.78. The van der Waals surface area contributed by atoms with E-state index in [4.69, 9.17) is 5.26 Å². The molecule has 4 nitrogen and oxygen atoms in total. The molecule has 1 saturated heterocycles. The van der Waals surface area contributed by atoms with Gasteiger partial charge >= 0.3 is 0 Å². The molecule has 1 fully saturated rings. The summed E-state index contributed by atoms with van der Waals surface area (Å²) >= 11 is 0. The van der Waals surface area contributed by atoms with Crippen molar-refractivity contribution in [3.8, 4) is 6.07 Å². The summed E-state index contributed by atoms with van der Waals surface area (Å²) in [4.78, 5) is 10.6. The highest BCUT2D eigenvalue weighted by molar-refractivity contribution is 5.50. The highest BCUT2D eigenvalue weighted by atomic mass is 15.2. The molecule has 2 heterocycles. The summed E-state index contributed by atoms with van der Waals surface area (Å²) in [6.45, 7) is 1.90. The van der Waals surface area contributed by atoms with Gasteiger partial charge in [-0.2, -0.15) is 5.26 Å². The average Bonchev–Trinajstić information content (AvgIpc) is 2.96. The van der Waals surface area contributed by atoms with E-state index in [1.165, 1.54) is 5.56 Å². The van der Waals surface area contributed by atoms with E-state index in [0.717, 1.165) is 31.7 Å². The molecule has 0 aliphatic carbocycles. The van der Waals surface area contributed by atoms with E-state index in [2.05, 4.69) is 45.2 Å². The van der Waals surface area contributed by atoms with Gasteiger partial charge in [-0.25, -0.2) is 9.97 Å². The Bertz CT molecular complexity index is 618. The minimum absolute atomic E-state index is 0.424. The summed E-state index contributed by atoms with van der Waals surface area (Å²) in [7, 11) is 0. The molecule has 0 saturated carbocycles. The Morgan fingerprint density at radius 2 is 2.00 bits per heavy atom. The number of benzene rings is 1. The van der Waals surface area contributed by atoms with Gasteiger partial charge in [-0.05, 0) is 24.3 Å². The van der Waals surface area contributed by atoms with Crippen LogP contribution < -0.4 is 4.90 Å². The molecule has 1 aromatic carbocycles. The maximum atomic E-state index is 9.10. The quantitative estimate of drug-likeness (QED) is 0.854. The predicted octanol–water partition coefficient (Wildman–Crippen LogP) is 2.42. The second-order valence-corrected chi connectivity index (χ2v) is 5.13. The molecule has 0 bridgehead atoms. The van der Waals surface area contributed by atoms with Crippen molar-refractivity contribution < 1.29 is 0 Å². The summed E-state index contributed by atoms with van der Waals surface area (Å²) in [5, 5.41) is 9.10. The first-order valence-corrected chi connectivity index (χ1v) is 6.87. The molecule has 1 aliphatic rings. The van der Waals surface area contributed by atoms with Crippen LogP contribution in [-0.2, 0) is 6.42 Å². The third-order valence-electron chi connectivity index (χ3n) is 3.74. The summed E-state index contributed by atoms with van der Waals surface area (Å²) in [5.41, 5.74) is 1.80. The van der Waals surface area contributed by atoms with Crippen molar-refractivity contribution in [3.05, 3.63) is 54.0 Å². The first-order valence-electron chi connectivity index (χ1n) is 6.87. The molecule has 0 amide bonds. The molecule has 0 N–H and O–H groups in total. The number of aromatic nitrogens is 2. The summed E-state index contributed by atoms with van der Waals surface area (Å²) in [5.74, 6) is 1.34. The number of hydrogen-bond acceptors (Lipinski definition) is 4. The Morgan fingerprint density at radius 3 is 2.80 bits per heavy atom. The molecule has 4 heteroatoms. The number of hydrogen-bond donors (Lipinski definition) is 0. The molecule has 2 aromatic rings. The van der Waals surface area contributed by atoms with Gasteiger partial charge in [-0.1, -0.05) is 30.3 Å². The Balaban J connectivity index is 1.69. The van der Waals surface area contributed by atoms with Crippen LogP contribution in [0.5, 0.6) is 0 Å². The molecule has 1 aliphatic heterocycles. The number of rotatable bonds is 3. The van der Waals surface area contributed by atoms with Crippen molar-refractivity contribution in [2.75, 3.05) is 18.0 Å². The van der Waals surface area contributed by atoms with Crippen LogP contribution in [0.2, 0.25) is 0 Å². The van der Waals surface area contributed by atoms with E-state index in [-0.39, 0.29) is 0 Å². The van der Waals surface area contributed by atoms with Crippen LogP contribution in [0.15, 0.2) is 42.7 Å². The molecular weight excluding hydrogens is 248 g/mol. The van der Waals surface area contributed by atoms with Gasteiger partial charge < -0.3 is 4.90 Å². The molecule has 0 spiro atoms. The van der Waals surface area contributed by atoms with Crippen molar-refractivity contribution in [1.82, 2.24) is 9.97 Å². The van der Waals surface area contributed by atoms with Crippen LogP contribution in [0.1, 0.15) is 17.7 Å². The fraction of sp³-hybridized carbons (Fsp3) is 0.312. The first kappa shape index (κ1) is 12.6. The van der Waals surface area contributed by atoms with Crippen LogP contribution in [-0.4, -0.2) is 23.1 Å². The standard InChI is InChI=1S/C16H16N4/c17-11-15-16(19-8-7-18-15)20-9-6-14(12-20)10-13-4-2-1-3-5-13/h1-5,7-8,14H,6,9-10,12H2/t14-/m1/s1. The van der Waals surface area contributed by atoms with Crippen molar-refractivity contribution in [2.45, 2.75) is 12.8 Å². The summed E-state index contributed by atoms with van der Waals surface area (Å²) < 4.78 is 0. The molecule has 0 radical (unpaired) electrons. The Kier molecular flexibility index (Phi) is 3.60. The normalized spacial score (nSPS) is 17.9. The van der Waals surface area contributed by atoms with Crippen molar-refractivity contribution in [3.63, 3.8) is 0 Å². The van der Waals surface area contributed by atoms with E-state index in [9.17, 15) is 0 Å². The van der Waals surface area contributed by atoms with E-state index in [1.807, 2.05) is 6.07 Å². The Hall–Kier alpha value is -2.41. The molecule has 3 rings (SSSR count). The maximum Gasteiger partial charge on any atom is 0.183 e. The average molecular weight is 264 g/mol. The molecule has 1 atom stereocenters. The lowest BCUT2D eigenvalue weighted by atomic mass is 9.99. The minimum Gasteiger partial charge on any atom is -0.354 e. The number of anilines is 1. The third-order valence-corrected chi connectivity index (χ3v) is 3.74. The lowest BCUT2D eigenvalue weighted by Crippen LogP contribution is -2.22. The van der Waals surface area contributed by atoms with Crippen LogP contribution in [0.4, 0.5) is 5.82 Å². The van der Waals surface area contributed by atoms with Crippen LogP contribution in [0, 0.1) is 17.2 Å². The predicted molar refractivity (Wildman–Crippen MR) is 77.2 cm³/mol. The van der Waals surface area contributed by atoms with Crippen molar-refractivity contribution in [2.24, 2.45) is 5.92 Å². The van der Waals surface area contributed by atoms with Crippen LogP contribution in [0.25, 0.3) is 0 Å². The van der Waals surface area contributed by atoms with Gasteiger partial charge in [0.15, 0.2) is 11.5 Å². The van der Waals surface area contributed by atoms with E-state index >= 15 is 0 Å². The molecule has 0 unspecified atom stereocenters. The summed E-state index contributed by atoms with van der Waals surface area (Å²) in [6, 6.07) is 12.7. The van der Waals surface area contributed by atoms with E-state index in [0.29, 0.717) is 11.6 Å². The molecule has 1 aromatic heterocycles. The van der Waals surface area contributed by atoms with E-state index < -0.39 is 0 Å². The number of nitrogens with zero attached hydrogens (tertiary/aromatic N) is 4. The fourth-order valence-electron chi connectivity index (χ4n) is 2.78. The molecule has 20 heavy (non-hydrogen) atoms. The van der Waals surface area contributed by atoms with Crippen molar-refractivity contribution >= 4 is 5.82 Å². The van der Waals surface area contributed by atoms with Crippen molar-refractivity contribution in [1.29, 1.82) is 5.26 Å². The lowest BCUT2D eigenvalue weighted by molar-refractivity contribution is 0.586. The summed E-state index contributed by atoms with van der Waals surface area (Å²) in [6.07, 6.45) is 5.44. The molecule has 100 valence electrons. The van der Waals surface area contributed by atoms with Gasteiger partial charge in [0.05, 0.1) is 0 Å². The van der Waals surface area contributed by atoms with Gasteiger partial charge in [-0.15, -0.1) is 0 Å². The zero-order valence-corrected chi connectivity index (χ0v) is 11.2. The smallest absolute Gasteiger partial charge is 0.183 e. The third kappa shape index (κ3) is 2.62. The zero-order valence-electron chi connectivity index (χ0n) is 11.2. The van der Waals surface area contributed by atoms with Gasteiger partial charge in [-0.3, -0.25) is 0 Å². The van der Waals surface area contributed by atoms with Crippen LogP contribution >= 0.6 is 0 Å². The van der Waals surface area contributed by atoms with Gasteiger partial charge in [0.2, 0.25) is 0 Å². The zero-order chi connectivity index (χ0) is 13.8. The topological polar surface area (TPSA) is 52.8 Å². The SMILES string of the molecule is N#Cc1nccnc1N1CC[C@H](Cc2ccccc2)C1. The minimum atomic E-state index is 0.424. The Labute approximate surface area is 118 Å². The number of nitriles is 1. The van der Waals surface area contributed by atoms with E-state index in [1.54, 1.807) is 12.4 Å². The second-order valence-electron chi connectivity index (χ2n) is 5.13. The first-order chi connectivity index (χ1) is 9.86. The van der Waals surface area contributed by atoms with Crippen LogP contribution in [0.3, 0.4) is 0 Å². The maximum absolute atomic E-state index is 9.10. The largest absolute Gasteiger partial charge is 0.354 e. The second kappa shape index (κ2) is 5.70. The van der Waals surface area contributed by atoms with Gasteiger partial charge in [0, 0.05) is 25.5 Å². The monoisotopic (exact) mass is 264 g/mol. The highest BCUT2D eigenvalue weighted by Crippen LogP contribution is 2.26. The highest BCUT2D eigenvalue weighted by Gasteiger charge is 2.25. The lowest BCUT2D eigenvalue weighted by Gasteiger charge is -2.17. The Morgan fingerprint density at radius 1 is 1.20 bits per heavy atom. The van der Waals surface area contributed by atoms with Gasteiger partial charge in [0.25, 0.3) is 0 Å².